The normalized spacial score (nSPS) is 10.9. The number of para-hydroxylation sites is 1. The fraction of sp³-hybridized carbons (Fsp3) is 0.211. The fourth-order valence-corrected chi connectivity index (χ4v) is 2.16. The summed E-state index contributed by atoms with van der Waals surface area (Å²) in [5.41, 5.74) is -2.18. The number of hydrogen-bond acceptors (Lipinski definition) is 4. The molecule has 0 aliphatic heterocycles. The molecule has 6 nitrogen and oxygen atoms in total. The highest BCUT2D eigenvalue weighted by molar-refractivity contribution is 6.15. The molecule has 28 heavy (non-hydrogen) atoms. The average Bonchev–Trinajstić information content (AvgIpc) is 2.68. The zero-order valence-corrected chi connectivity index (χ0v) is 15.2. The summed E-state index contributed by atoms with van der Waals surface area (Å²) < 4.78 is 44.7. The molecule has 0 aromatic heterocycles. The first-order valence-electron chi connectivity index (χ1n) is 8.03. The summed E-state index contributed by atoms with van der Waals surface area (Å²) in [5, 5.41) is 4.50. The number of hydrogen-bond donors (Lipinski definition) is 2. The molecule has 0 aliphatic carbocycles. The minimum atomic E-state index is -1.75. The van der Waals surface area contributed by atoms with Gasteiger partial charge in [-0.1, -0.05) is 12.1 Å². The number of amides is 2. The van der Waals surface area contributed by atoms with Crippen LogP contribution >= 0.6 is 0 Å². The molecular formula is C19H17F3N2O4. The van der Waals surface area contributed by atoms with Crippen LogP contribution in [0.25, 0.3) is 0 Å². The number of rotatable bonds is 5. The Kier molecular flexibility index (Phi) is 6.07. The van der Waals surface area contributed by atoms with Crippen LogP contribution in [0.2, 0.25) is 0 Å². The van der Waals surface area contributed by atoms with E-state index >= 15 is 0 Å². The molecule has 2 aromatic carbocycles. The second-order valence-corrected chi connectivity index (χ2v) is 6.29. The molecular weight excluding hydrogens is 377 g/mol. The lowest BCUT2D eigenvalue weighted by molar-refractivity contribution is -0.135. The summed E-state index contributed by atoms with van der Waals surface area (Å²) >= 11 is 0. The molecule has 2 amide bonds. The Morgan fingerprint density at radius 3 is 2.04 bits per heavy atom. The second-order valence-electron chi connectivity index (χ2n) is 6.29. The lowest BCUT2D eigenvalue weighted by Gasteiger charge is -2.23. The zero-order chi connectivity index (χ0) is 21.1. The van der Waals surface area contributed by atoms with Crippen LogP contribution in [0, 0.1) is 22.9 Å². The minimum absolute atomic E-state index is 0.0706. The Bertz CT molecular complexity index is 945. The van der Waals surface area contributed by atoms with Gasteiger partial charge in [-0.15, -0.1) is 0 Å². The predicted molar refractivity (Wildman–Crippen MR) is 95.1 cm³/mol. The quantitative estimate of drug-likeness (QED) is 0.462. The maximum absolute atomic E-state index is 13.8. The van der Waals surface area contributed by atoms with Crippen molar-refractivity contribution < 1.29 is 32.3 Å². The molecule has 0 fully saturated rings. The summed E-state index contributed by atoms with van der Waals surface area (Å²) in [6.45, 7) is 2.49. The van der Waals surface area contributed by atoms with E-state index in [1.165, 1.54) is 33.1 Å². The van der Waals surface area contributed by atoms with E-state index in [1.807, 2.05) is 0 Å². The molecule has 2 rings (SSSR count). The molecule has 2 aromatic rings. The molecule has 2 N–H and O–H groups in total. The van der Waals surface area contributed by atoms with Crippen molar-refractivity contribution in [2.45, 2.75) is 13.8 Å². The van der Waals surface area contributed by atoms with Gasteiger partial charge in [0.2, 0.25) is 11.8 Å². The zero-order valence-electron chi connectivity index (χ0n) is 15.2. The number of ether oxygens (including phenoxy) is 1. The summed E-state index contributed by atoms with van der Waals surface area (Å²) in [5.74, 6) is -7.21. The van der Waals surface area contributed by atoms with Gasteiger partial charge in [-0.2, -0.15) is 0 Å². The minimum Gasteiger partial charge on any atom is -0.465 e. The van der Waals surface area contributed by atoms with E-state index in [0.717, 1.165) is 6.07 Å². The number of esters is 1. The predicted octanol–water partition coefficient (Wildman–Crippen LogP) is 3.49. The molecule has 0 unspecified atom stereocenters. The van der Waals surface area contributed by atoms with Gasteiger partial charge in [0.25, 0.3) is 0 Å². The highest BCUT2D eigenvalue weighted by Crippen LogP contribution is 2.26. The van der Waals surface area contributed by atoms with Crippen molar-refractivity contribution in [2.75, 3.05) is 17.7 Å². The topological polar surface area (TPSA) is 84.5 Å². The highest BCUT2D eigenvalue weighted by atomic mass is 19.2. The Morgan fingerprint density at radius 2 is 1.43 bits per heavy atom. The SMILES string of the molecule is COC(=O)c1ccccc1NC(=O)C(C)(C)C(=O)Nc1ccc(F)c(F)c1F. The number of nitrogens with one attached hydrogen (secondary N) is 2. The molecule has 0 bridgehead atoms. The lowest BCUT2D eigenvalue weighted by atomic mass is 9.90. The van der Waals surface area contributed by atoms with Crippen molar-refractivity contribution in [1.29, 1.82) is 0 Å². The first-order valence-corrected chi connectivity index (χ1v) is 8.03. The lowest BCUT2D eigenvalue weighted by Crippen LogP contribution is -2.42. The van der Waals surface area contributed by atoms with Crippen molar-refractivity contribution in [2.24, 2.45) is 5.41 Å². The molecule has 0 saturated carbocycles. The second kappa shape index (κ2) is 8.12. The molecule has 0 aliphatic rings. The summed E-state index contributed by atoms with van der Waals surface area (Å²) in [6.07, 6.45) is 0. The van der Waals surface area contributed by atoms with Gasteiger partial charge in [-0.05, 0) is 38.1 Å². The van der Waals surface area contributed by atoms with E-state index in [-0.39, 0.29) is 11.3 Å². The van der Waals surface area contributed by atoms with Crippen LogP contribution in [0.4, 0.5) is 24.5 Å². The van der Waals surface area contributed by atoms with Crippen LogP contribution in [0.5, 0.6) is 0 Å². The number of anilines is 2. The average molecular weight is 394 g/mol. The third-order valence-electron chi connectivity index (χ3n) is 4.00. The van der Waals surface area contributed by atoms with E-state index in [1.54, 1.807) is 12.1 Å². The van der Waals surface area contributed by atoms with E-state index in [9.17, 15) is 27.6 Å². The molecule has 0 radical (unpaired) electrons. The third kappa shape index (κ3) is 4.13. The van der Waals surface area contributed by atoms with Gasteiger partial charge in [0.1, 0.15) is 5.41 Å². The van der Waals surface area contributed by atoms with Crippen LogP contribution in [-0.4, -0.2) is 24.9 Å². The van der Waals surface area contributed by atoms with Gasteiger partial charge < -0.3 is 15.4 Å². The third-order valence-corrected chi connectivity index (χ3v) is 4.00. The van der Waals surface area contributed by atoms with Gasteiger partial charge in [0, 0.05) is 0 Å². The van der Waals surface area contributed by atoms with Crippen LogP contribution in [0.3, 0.4) is 0 Å². The van der Waals surface area contributed by atoms with Crippen molar-refractivity contribution >= 4 is 29.2 Å². The molecule has 148 valence electrons. The van der Waals surface area contributed by atoms with Gasteiger partial charge in [0.15, 0.2) is 17.5 Å². The molecule has 0 saturated heterocycles. The number of benzene rings is 2. The van der Waals surface area contributed by atoms with Crippen LogP contribution in [0.15, 0.2) is 36.4 Å². The van der Waals surface area contributed by atoms with E-state index < -0.39 is 46.3 Å². The summed E-state index contributed by atoms with van der Waals surface area (Å²) in [7, 11) is 1.18. The van der Waals surface area contributed by atoms with Gasteiger partial charge in [-0.25, -0.2) is 18.0 Å². The van der Waals surface area contributed by atoms with E-state index in [4.69, 9.17) is 0 Å². The standard InChI is InChI=1S/C19H17F3N2O4/c1-19(2,18(27)24-13-9-8-11(20)14(21)15(13)22)17(26)23-12-7-5-4-6-10(12)16(25)28-3/h4-9H,1-3H3,(H,23,26)(H,24,27). The highest BCUT2D eigenvalue weighted by Gasteiger charge is 2.37. The van der Waals surface area contributed by atoms with Gasteiger partial charge >= 0.3 is 5.97 Å². The molecule has 0 heterocycles. The maximum Gasteiger partial charge on any atom is 0.339 e. The molecule has 0 atom stereocenters. The monoisotopic (exact) mass is 394 g/mol. The molecule has 0 spiro atoms. The number of carbonyl (C=O) groups is 3. The number of carbonyl (C=O) groups excluding carboxylic acids is 3. The smallest absolute Gasteiger partial charge is 0.339 e. The summed E-state index contributed by atoms with van der Waals surface area (Å²) in [4.78, 5) is 36.8. The number of halogens is 3. The number of methoxy groups -OCH3 is 1. The Morgan fingerprint density at radius 1 is 0.857 bits per heavy atom. The van der Waals surface area contributed by atoms with Crippen molar-refractivity contribution in [3.05, 3.63) is 59.4 Å². The first kappa shape index (κ1) is 20.9. The van der Waals surface area contributed by atoms with E-state index in [0.29, 0.717) is 6.07 Å². The van der Waals surface area contributed by atoms with Crippen molar-refractivity contribution in [3.63, 3.8) is 0 Å². The Hall–Kier alpha value is -3.36. The summed E-state index contributed by atoms with van der Waals surface area (Å²) in [6, 6.07) is 7.47. The molecule has 9 heteroatoms. The Labute approximate surface area is 158 Å². The van der Waals surface area contributed by atoms with Crippen LogP contribution in [0.1, 0.15) is 24.2 Å². The maximum atomic E-state index is 13.8. The fourth-order valence-electron chi connectivity index (χ4n) is 2.16. The Balaban J connectivity index is 2.22. The van der Waals surface area contributed by atoms with Gasteiger partial charge in [0.05, 0.1) is 24.0 Å². The largest absolute Gasteiger partial charge is 0.465 e. The van der Waals surface area contributed by atoms with E-state index in [2.05, 4.69) is 15.4 Å². The van der Waals surface area contributed by atoms with Gasteiger partial charge in [-0.3, -0.25) is 9.59 Å². The van der Waals surface area contributed by atoms with Crippen LogP contribution < -0.4 is 10.6 Å². The van der Waals surface area contributed by atoms with Crippen molar-refractivity contribution in [3.8, 4) is 0 Å². The van der Waals surface area contributed by atoms with Crippen molar-refractivity contribution in [1.82, 2.24) is 0 Å². The van der Waals surface area contributed by atoms with Crippen LogP contribution in [-0.2, 0) is 14.3 Å². The first-order chi connectivity index (χ1) is 13.1.